The van der Waals surface area contributed by atoms with Gasteiger partial charge in [-0.05, 0) is 5.56 Å². The molecule has 2 amide bonds. The first-order valence-corrected chi connectivity index (χ1v) is 9.59. The van der Waals surface area contributed by atoms with Crippen LogP contribution in [0.1, 0.15) is 30.5 Å². The normalized spacial score (nSPS) is 16.0. The Hall–Kier alpha value is -2.66. The lowest BCUT2D eigenvalue weighted by molar-refractivity contribution is -0.917. The van der Waals surface area contributed by atoms with E-state index in [1.807, 2.05) is 41.3 Å². The van der Waals surface area contributed by atoms with Crippen molar-refractivity contribution in [1.29, 1.82) is 0 Å². The lowest BCUT2D eigenvalue weighted by Gasteiger charge is -2.33. The summed E-state index contributed by atoms with van der Waals surface area (Å²) in [6.45, 7) is 5.94. The molecule has 5 nitrogen and oxygen atoms in total. The maximum absolute atomic E-state index is 12.8. The van der Waals surface area contributed by atoms with Crippen LogP contribution in [-0.4, -0.2) is 42.9 Å². The molecule has 2 aromatic rings. The van der Waals surface area contributed by atoms with E-state index in [9.17, 15) is 9.59 Å². The predicted octanol–water partition coefficient (Wildman–Crippen LogP) is 1.18. The quantitative estimate of drug-likeness (QED) is 0.807. The maximum atomic E-state index is 12.8. The third-order valence-electron chi connectivity index (χ3n) is 5.08. The molecule has 142 valence electrons. The maximum Gasteiger partial charge on any atom is 0.225 e. The van der Waals surface area contributed by atoms with Crippen molar-refractivity contribution in [2.75, 3.05) is 26.2 Å². The molecule has 0 radical (unpaired) electrons. The van der Waals surface area contributed by atoms with E-state index in [1.165, 1.54) is 17.4 Å². The van der Waals surface area contributed by atoms with E-state index < -0.39 is 0 Å². The summed E-state index contributed by atoms with van der Waals surface area (Å²) in [4.78, 5) is 27.8. The Bertz CT molecular complexity index is 741. The monoisotopic (exact) mass is 366 g/mol. The van der Waals surface area contributed by atoms with Crippen LogP contribution in [0, 0.1) is 0 Å². The number of hydrogen-bond donors (Lipinski definition) is 2. The molecule has 2 N–H and O–H groups in total. The van der Waals surface area contributed by atoms with Gasteiger partial charge in [0.1, 0.15) is 6.54 Å². The molecule has 0 unspecified atom stereocenters. The molecule has 1 heterocycles. The minimum atomic E-state index is -0.272. The Balaban J connectivity index is 1.54. The van der Waals surface area contributed by atoms with E-state index in [0.717, 1.165) is 38.3 Å². The van der Waals surface area contributed by atoms with E-state index >= 15 is 0 Å². The molecule has 1 saturated heterocycles. The van der Waals surface area contributed by atoms with Crippen LogP contribution in [0.4, 0.5) is 0 Å². The summed E-state index contributed by atoms with van der Waals surface area (Å²) in [5.74, 6) is -0.00913. The first-order valence-electron chi connectivity index (χ1n) is 9.59. The molecule has 3 rings (SSSR count). The number of quaternary nitrogens is 1. The predicted molar refractivity (Wildman–Crippen MR) is 105 cm³/mol. The zero-order valence-corrected chi connectivity index (χ0v) is 15.9. The Morgan fingerprint density at radius 3 is 2.19 bits per heavy atom. The van der Waals surface area contributed by atoms with Crippen LogP contribution in [0.25, 0.3) is 0 Å². The molecule has 0 bridgehead atoms. The second kappa shape index (κ2) is 9.33. The summed E-state index contributed by atoms with van der Waals surface area (Å²) >= 11 is 0. The number of nitrogens with zero attached hydrogens (tertiary/aromatic N) is 1. The first-order chi connectivity index (χ1) is 13.1. The Labute approximate surface area is 161 Å². The molecule has 0 aliphatic carbocycles. The van der Waals surface area contributed by atoms with E-state index in [-0.39, 0.29) is 17.9 Å². The molecular formula is C22H28N3O2+. The summed E-state index contributed by atoms with van der Waals surface area (Å²) in [5, 5.41) is 2.92. The van der Waals surface area contributed by atoms with Gasteiger partial charge in [-0.15, -0.1) is 0 Å². The average Bonchev–Trinajstić information content (AvgIpc) is 2.69. The second-order valence-corrected chi connectivity index (χ2v) is 7.16. The zero-order valence-electron chi connectivity index (χ0n) is 15.9. The van der Waals surface area contributed by atoms with Crippen molar-refractivity contribution in [2.24, 2.45) is 0 Å². The fraction of sp³-hybridized carbons (Fsp3) is 0.364. The number of amides is 2. The molecule has 27 heavy (non-hydrogen) atoms. The molecule has 1 aliphatic heterocycles. The molecule has 0 aromatic heterocycles. The van der Waals surface area contributed by atoms with Gasteiger partial charge in [0.15, 0.2) is 0 Å². The molecule has 0 spiro atoms. The summed E-state index contributed by atoms with van der Waals surface area (Å²) in [5.41, 5.74) is 2.30. The molecule has 1 fully saturated rings. The third kappa shape index (κ3) is 5.66. The van der Waals surface area contributed by atoms with Crippen molar-refractivity contribution < 1.29 is 14.5 Å². The lowest BCUT2D eigenvalue weighted by Crippen LogP contribution is -3.13. The van der Waals surface area contributed by atoms with Gasteiger partial charge < -0.3 is 15.1 Å². The minimum Gasteiger partial charge on any atom is -0.349 e. The van der Waals surface area contributed by atoms with Gasteiger partial charge in [0.25, 0.3) is 0 Å². The van der Waals surface area contributed by atoms with Gasteiger partial charge in [-0.2, -0.15) is 0 Å². The highest BCUT2D eigenvalue weighted by Crippen LogP contribution is 2.18. The van der Waals surface area contributed by atoms with Crippen molar-refractivity contribution >= 4 is 11.8 Å². The molecule has 0 saturated carbocycles. The van der Waals surface area contributed by atoms with Gasteiger partial charge >= 0.3 is 0 Å². The number of nitrogens with one attached hydrogen (secondary N) is 2. The van der Waals surface area contributed by atoms with Gasteiger partial charge in [-0.25, -0.2) is 0 Å². The van der Waals surface area contributed by atoms with Crippen LogP contribution in [0.15, 0.2) is 60.7 Å². The Morgan fingerprint density at radius 1 is 1.00 bits per heavy atom. The zero-order chi connectivity index (χ0) is 19.1. The van der Waals surface area contributed by atoms with E-state index in [0.29, 0.717) is 6.42 Å². The van der Waals surface area contributed by atoms with Crippen LogP contribution < -0.4 is 10.2 Å². The third-order valence-corrected chi connectivity index (χ3v) is 5.08. The smallest absolute Gasteiger partial charge is 0.225 e. The van der Waals surface area contributed by atoms with Crippen LogP contribution >= 0.6 is 0 Å². The SMILES string of the molecule is CC(=O)N[C@H](CC(=O)N1CC[NH+](Cc2ccccc2)CC1)c1ccccc1. The number of rotatable bonds is 6. The Kier molecular flexibility index (Phi) is 6.60. The van der Waals surface area contributed by atoms with Gasteiger partial charge in [0, 0.05) is 12.5 Å². The molecule has 5 heteroatoms. The van der Waals surface area contributed by atoms with Crippen molar-refractivity contribution in [3.8, 4) is 0 Å². The van der Waals surface area contributed by atoms with E-state index in [4.69, 9.17) is 0 Å². The highest BCUT2D eigenvalue weighted by molar-refractivity contribution is 5.79. The van der Waals surface area contributed by atoms with E-state index in [2.05, 4.69) is 29.6 Å². The van der Waals surface area contributed by atoms with Gasteiger partial charge in [0.05, 0.1) is 38.6 Å². The number of piperazine rings is 1. The summed E-state index contributed by atoms with van der Waals surface area (Å²) in [7, 11) is 0. The van der Waals surface area contributed by atoms with Crippen LogP contribution in [-0.2, 0) is 16.1 Å². The standard InChI is InChI=1S/C22H27N3O2/c1-18(26)23-21(20-10-6-3-7-11-20)16-22(27)25-14-12-24(13-15-25)17-19-8-4-2-5-9-19/h2-11,21H,12-17H2,1H3,(H,23,26)/p+1/t21-/m1/s1. The molecular weight excluding hydrogens is 338 g/mol. The minimum absolute atomic E-state index is 0.108. The van der Waals surface area contributed by atoms with Crippen molar-refractivity contribution in [2.45, 2.75) is 25.9 Å². The molecule has 1 atom stereocenters. The van der Waals surface area contributed by atoms with Gasteiger partial charge in [-0.3, -0.25) is 9.59 Å². The first kappa shape index (κ1) is 19.1. The number of hydrogen-bond acceptors (Lipinski definition) is 2. The largest absolute Gasteiger partial charge is 0.349 e. The lowest BCUT2D eigenvalue weighted by atomic mass is 10.0. The number of benzene rings is 2. The summed E-state index contributed by atoms with van der Waals surface area (Å²) in [6.07, 6.45) is 0.303. The van der Waals surface area contributed by atoms with Crippen molar-refractivity contribution in [3.63, 3.8) is 0 Å². The van der Waals surface area contributed by atoms with Crippen molar-refractivity contribution in [3.05, 3.63) is 71.8 Å². The van der Waals surface area contributed by atoms with Crippen molar-refractivity contribution in [1.82, 2.24) is 10.2 Å². The Morgan fingerprint density at radius 2 is 1.59 bits per heavy atom. The van der Waals surface area contributed by atoms with Gasteiger partial charge in [-0.1, -0.05) is 60.7 Å². The fourth-order valence-corrected chi connectivity index (χ4v) is 3.62. The van der Waals surface area contributed by atoms with Crippen LogP contribution in [0.3, 0.4) is 0 Å². The molecule has 2 aromatic carbocycles. The summed E-state index contributed by atoms with van der Waals surface area (Å²) in [6, 6.07) is 19.9. The number of carbonyl (C=O) groups excluding carboxylic acids is 2. The fourth-order valence-electron chi connectivity index (χ4n) is 3.62. The van der Waals surface area contributed by atoms with Crippen LogP contribution in [0.5, 0.6) is 0 Å². The second-order valence-electron chi connectivity index (χ2n) is 7.16. The van der Waals surface area contributed by atoms with E-state index in [1.54, 1.807) is 0 Å². The summed E-state index contributed by atoms with van der Waals surface area (Å²) < 4.78 is 0. The highest BCUT2D eigenvalue weighted by atomic mass is 16.2. The topological polar surface area (TPSA) is 53.9 Å². The average molecular weight is 366 g/mol. The van der Waals surface area contributed by atoms with Gasteiger partial charge in [0.2, 0.25) is 11.8 Å². The number of carbonyl (C=O) groups is 2. The highest BCUT2D eigenvalue weighted by Gasteiger charge is 2.26. The molecule has 1 aliphatic rings. The van der Waals surface area contributed by atoms with Crippen LogP contribution in [0.2, 0.25) is 0 Å².